The van der Waals surface area contributed by atoms with Crippen molar-refractivity contribution < 1.29 is 13.9 Å². The lowest BCUT2D eigenvalue weighted by molar-refractivity contribution is -0.117. The van der Waals surface area contributed by atoms with E-state index < -0.39 is 11.9 Å². The van der Waals surface area contributed by atoms with Gasteiger partial charge in [0.2, 0.25) is 5.95 Å². The summed E-state index contributed by atoms with van der Waals surface area (Å²) >= 11 is 0. The van der Waals surface area contributed by atoms with E-state index in [0.29, 0.717) is 6.61 Å². The van der Waals surface area contributed by atoms with Crippen LogP contribution in [0.2, 0.25) is 0 Å². The Hall–Kier alpha value is -3.24. The molecule has 0 radical (unpaired) electrons. The molecule has 0 aliphatic carbocycles. The summed E-state index contributed by atoms with van der Waals surface area (Å²) in [4.78, 5) is 18.9. The fourth-order valence-corrected chi connectivity index (χ4v) is 3.92. The van der Waals surface area contributed by atoms with Gasteiger partial charge in [0.1, 0.15) is 24.0 Å². The maximum Gasteiger partial charge on any atom is 0.262 e. The number of amides is 1. The van der Waals surface area contributed by atoms with Gasteiger partial charge in [-0.25, -0.2) is 4.98 Å². The van der Waals surface area contributed by atoms with E-state index in [4.69, 9.17) is 4.74 Å². The van der Waals surface area contributed by atoms with Gasteiger partial charge in [-0.1, -0.05) is 38.0 Å². The predicted octanol–water partition coefficient (Wildman–Crippen LogP) is 4.65. The number of nitriles is 1. The normalized spacial score (nSPS) is 15.5. The number of likely N-dealkylation sites (tertiary alicyclic amines) is 1. The molecule has 6 nitrogen and oxygen atoms in total. The van der Waals surface area contributed by atoms with Crippen molar-refractivity contribution in [3.63, 3.8) is 0 Å². The van der Waals surface area contributed by atoms with Crippen molar-refractivity contribution in [2.24, 2.45) is 0 Å². The molecule has 1 saturated heterocycles. The minimum absolute atomic E-state index is 0.119. The van der Waals surface area contributed by atoms with Gasteiger partial charge in [-0.15, -0.1) is 0 Å². The highest BCUT2D eigenvalue weighted by atomic mass is 19.1. The van der Waals surface area contributed by atoms with Crippen molar-refractivity contribution in [3.8, 4) is 11.8 Å². The molecule has 7 heteroatoms. The molecule has 0 saturated carbocycles. The monoisotopic (exact) mass is 450 g/mol. The molecule has 2 aromatic rings. The van der Waals surface area contributed by atoms with Crippen LogP contribution in [0.1, 0.15) is 56.3 Å². The maximum absolute atomic E-state index is 13.3. The molecule has 1 aromatic heterocycles. The van der Waals surface area contributed by atoms with Crippen molar-refractivity contribution in [2.45, 2.75) is 45.1 Å². The number of carbonyl (C=O) groups is 1. The first-order valence-corrected chi connectivity index (χ1v) is 11.6. The summed E-state index contributed by atoms with van der Waals surface area (Å²) in [5, 5.41) is 12.4. The van der Waals surface area contributed by atoms with Crippen molar-refractivity contribution in [3.05, 3.63) is 65.2 Å². The molecule has 1 atom stereocenters. The van der Waals surface area contributed by atoms with E-state index >= 15 is 0 Å². The molecule has 1 aliphatic rings. The van der Waals surface area contributed by atoms with Crippen LogP contribution in [0.15, 0.2) is 48.0 Å². The van der Waals surface area contributed by atoms with Gasteiger partial charge in [0.15, 0.2) is 0 Å². The lowest BCUT2D eigenvalue weighted by Crippen LogP contribution is -2.33. The first-order chi connectivity index (χ1) is 16.1. The van der Waals surface area contributed by atoms with E-state index in [1.807, 2.05) is 37.3 Å². The van der Waals surface area contributed by atoms with Crippen LogP contribution in [0.4, 0.5) is 4.39 Å². The van der Waals surface area contributed by atoms with E-state index in [2.05, 4.69) is 15.2 Å². The van der Waals surface area contributed by atoms with Crippen LogP contribution in [0.3, 0.4) is 0 Å². The first kappa shape index (κ1) is 24.4. The molecular formula is C26H31FN4O2. The van der Waals surface area contributed by atoms with E-state index in [9.17, 15) is 14.4 Å². The molecule has 1 aromatic carbocycles. The topological polar surface area (TPSA) is 78.2 Å². The number of rotatable bonds is 10. The number of hydrogen-bond acceptors (Lipinski definition) is 5. The Bertz CT molecular complexity index is 979. The molecule has 2 heterocycles. The zero-order valence-corrected chi connectivity index (χ0v) is 19.1. The van der Waals surface area contributed by atoms with Gasteiger partial charge in [-0.3, -0.25) is 9.69 Å². The van der Waals surface area contributed by atoms with Gasteiger partial charge in [0.05, 0.1) is 11.7 Å². The highest BCUT2D eigenvalue weighted by Gasteiger charge is 2.17. The second kappa shape index (κ2) is 12.7. The van der Waals surface area contributed by atoms with Crippen LogP contribution >= 0.6 is 0 Å². The third kappa shape index (κ3) is 7.69. The second-order valence-corrected chi connectivity index (χ2v) is 8.19. The summed E-state index contributed by atoms with van der Waals surface area (Å²) in [6.07, 6.45) is 6.72. The molecule has 3 rings (SSSR count). The fourth-order valence-electron chi connectivity index (χ4n) is 3.92. The Labute approximate surface area is 195 Å². The number of ether oxygens (including phenoxy) is 1. The Balaban J connectivity index is 1.60. The molecule has 1 unspecified atom stereocenters. The van der Waals surface area contributed by atoms with E-state index in [-0.39, 0.29) is 17.3 Å². The van der Waals surface area contributed by atoms with Gasteiger partial charge in [0.25, 0.3) is 5.91 Å². The van der Waals surface area contributed by atoms with Gasteiger partial charge < -0.3 is 10.1 Å². The molecule has 1 fully saturated rings. The van der Waals surface area contributed by atoms with Gasteiger partial charge in [-0.2, -0.15) is 9.65 Å². The molecular weight excluding hydrogens is 419 g/mol. The van der Waals surface area contributed by atoms with Gasteiger partial charge in [0, 0.05) is 6.54 Å². The lowest BCUT2D eigenvalue weighted by atomic mass is 10.0. The Kier molecular flexibility index (Phi) is 9.40. The predicted molar refractivity (Wildman–Crippen MR) is 126 cm³/mol. The van der Waals surface area contributed by atoms with E-state index in [1.54, 1.807) is 6.07 Å². The summed E-state index contributed by atoms with van der Waals surface area (Å²) in [5.74, 6) is -0.375. The Morgan fingerprint density at radius 1 is 1.24 bits per heavy atom. The molecule has 0 bridgehead atoms. The van der Waals surface area contributed by atoms with Crippen LogP contribution in [0, 0.1) is 17.3 Å². The molecule has 33 heavy (non-hydrogen) atoms. The number of nitrogens with one attached hydrogen (secondary N) is 1. The lowest BCUT2D eigenvalue weighted by Gasteiger charge is -2.26. The van der Waals surface area contributed by atoms with Crippen molar-refractivity contribution in [2.75, 3.05) is 26.2 Å². The minimum Gasteiger partial charge on any atom is -0.492 e. The Morgan fingerprint density at radius 2 is 2.00 bits per heavy atom. The number of hydrogen-bond donors (Lipinski definition) is 1. The zero-order valence-electron chi connectivity index (χ0n) is 19.1. The summed E-state index contributed by atoms with van der Waals surface area (Å²) in [7, 11) is 0. The smallest absolute Gasteiger partial charge is 0.262 e. The second-order valence-electron chi connectivity index (χ2n) is 8.19. The molecule has 1 amide bonds. The average Bonchev–Trinajstić information content (AvgIpc) is 2.83. The van der Waals surface area contributed by atoms with Crippen LogP contribution in [-0.4, -0.2) is 42.0 Å². The largest absolute Gasteiger partial charge is 0.492 e. The summed E-state index contributed by atoms with van der Waals surface area (Å²) in [5.41, 5.74) is 1.04. The zero-order chi connectivity index (χ0) is 23.5. The Morgan fingerprint density at radius 3 is 2.67 bits per heavy atom. The van der Waals surface area contributed by atoms with Crippen molar-refractivity contribution in [1.29, 1.82) is 5.26 Å². The fraction of sp³-hybridized carbons (Fsp3) is 0.423. The standard InChI is InChI=1S/C26H31FN4O2/c1-2-7-24(30-26(32)21(19-28)18-22-8-6-9-25(27)29-22)20-10-12-23(13-11-20)33-17-16-31-14-4-3-5-15-31/h6,8-13,18,24H,2-5,7,14-17H2,1H3,(H,30,32)/b21-18+. The van der Waals surface area contributed by atoms with Crippen LogP contribution in [-0.2, 0) is 4.79 Å². The van der Waals surface area contributed by atoms with Gasteiger partial charge in [-0.05, 0) is 68.3 Å². The maximum atomic E-state index is 13.3. The molecule has 1 N–H and O–H groups in total. The number of pyridine rings is 1. The summed E-state index contributed by atoms with van der Waals surface area (Å²) < 4.78 is 19.2. The molecule has 1 aliphatic heterocycles. The first-order valence-electron chi connectivity index (χ1n) is 11.6. The number of benzene rings is 1. The third-order valence-electron chi connectivity index (χ3n) is 5.68. The molecule has 174 valence electrons. The van der Waals surface area contributed by atoms with Crippen LogP contribution < -0.4 is 10.1 Å². The van der Waals surface area contributed by atoms with Gasteiger partial charge >= 0.3 is 0 Å². The quantitative estimate of drug-likeness (QED) is 0.324. The number of halogens is 1. The number of piperidine rings is 1. The number of aromatic nitrogens is 1. The minimum atomic E-state index is -0.663. The van der Waals surface area contributed by atoms with Crippen molar-refractivity contribution >= 4 is 12.0 Å². The number of nitrogens with zero attached hydrogens (tertiary/aromatic N) is 3. The van der Waals surface area contributed by atoms with Crippen LogP contribution in [0.25, 0.3) is 6.08 Å². The van der Waals surface area contributed by atoms with E-state index in [1.165, 1.54) is 37.5 Å². The molecule has 0 spiro atoms. The summed E-state index contributed by atoms with van der Waals surface area (Å²) in [6.45, 7) is 5.91. The van der Waals surface area contributed by atoms with Crippen molar-refractivity contribution in [1.82, 2.24) is 15.2 Å². The van der Waals surface area contributed by atoms with E-state index in [0.717, 1.165) is 43.8 Å². The third-order valence-corrected chi connectivity index (χ3v) is 5.68. The average molecular weight is 451 g/mol. The SMILES string of the molecule is CCCC(NC(=O)/C(C#N)=C/c1cccc(F)n1)c1ccc(OCCN2CCCCC2)cc1. The highest BCUT2D eigenvalue weighted by Crippen LogP contribution is 2.22. The highest BCUT2D eigenvalue weighted by molar-refractivity contribution is 6.01. The van der Waals surface area contributed by atoms with Crippen LogP contribution in [0.5, 0.6) is 5.75 Å². The summed E-state index contributed by atoms with van der Waals surface area (Å²) in [6, 6.07) is 13.6. The number of carbonyl (C=O) groups excluding carboxylic acids is 1.